The van der Waals surface area contributed by atoms with E-state index in [1.54, 1.807) is 0 Å². The zero-order valence-corrected chi connectivity index (χ0v) is 14.1. The minimum atomic E-state index is -3.00. The van der Waals surface area contributed by atoms with Crippen molar-refractivity contribution in [2.75, 3.05) is 0 Å². The quantitative estimate of drug-likeness (QED) is 0.377. The molecule has 0 nitrogen and oxygen atoms in total. The summed E-state index contributed by atoms with van der Waals surface area (Å²) in [6, 6.07) is 0. The van der Waals surface area contributed by atoms with Gasteiger partial charge < -0.3 is 1.43 Å². The molecule has 0 rings (SSSR count). The molecule has 0 spiro atoms. The van der Waals surface area contributed by atoms with Crippen LogP contribution in [0.5, 0.6) is 0 Å². The Bertz CT molecular complexity index is 31.5. The molecule has 0 amide bonds. The van der Waals surface area contributed by atoms with Crippen LogP contribution in [-0.4, -0.2) is 0 Å². The molecule has 0 aliphatic rings. The fourth-order valence-electron chi connectivity index (χ4n) is 0. The molecule has 7 heteroatoms. The first-order valence-corrected chi connectivity index (χ1v) is 11.2. The van der Waals surface area contributed by atoms with Crippen molar-refractivity contribution < 1.29 is 95.2 Å². The summed E-state index contributed by atoms with van der Waals surface area (Å²) in [5, 5.41) is 0. The molecule has 0 aliphatic heterocycles. The fourth-order valence-corrected chi connectivity index (χ4v) is 0. The minimum absolute atomic E-state index is 0. The summed E-state index contributed by atoms with van der Waals surface area (Å²) in [7, 11) is 20.0. The summed E-state index contributed by atoms with van der Waals surface area (Å²) in [6.45, 7) is 0. The van der Waals surface area contributed by atoms with Gasteiger partial charge in [-0.2, -0.15) is 0 Å². The van der Waals surface area contributed by atoms with Crippen LogP contribution in [0.4, 0.5) is 0 Å². The van der Waals surface area contributed by atoms with Crippen LogP contribution in [0.2, 0.25) is 0 Å². The van der Waals surface area contributed by atoms with Crippen LogP contribution in [0.25, 0.3) is 0 Å². The second-order valence-corrected chi connectivity index (χ2v) is 19.0. The summed E-state index contributed by atoms with van der Waals surface area (Å²) in [5.41, 5.74) is 0. The molecule has 0 aromatic heterocycles. The van der Waals surface area contributed by atoms with E-state index < -0.39 is 12.8 Å². The van der Waals surface area contributed by atoms with Crippen molar-refractivity contribution >= 4 is 36.8 Å². The maximum atomic E-state index is 5.00. The van der Waals surface area contributed by atoms with E-state index in [1.807, 2.05) is 0 Å². The first-order valence-electron chi connectivity index (χ1n) is 0.456. The van der Waals surface area contributed by atoms with Gasteiger partial charge in [0.2, 0.25) is 0 Å². The van der Waals surface area contributed by atoms with Crippen LogP contribution in [0, 0.1) is 0 Å². The molecular weight excluding hydrogens is 401 g/mol. The van der Waals surface area contributed by atoms with Gasteiger partial charge in [-0.15, -0.1) is 0 Å². The molecule has 7 heavy (non-hydrogen) atoms. The van der Waals surface area contributed by atoms with E-state index >= 15 is 0 Å². The Morgan fingerprint density at radius 1 is 1.00 bits per heavy atom. The first-order chi connectivity index (χ1) is 2.00. The van der Waals surface area contributed by atoms with Crippen molar-refractivity contribution in [3.05, 3.63) is 0 Å². The predicted molar refractivity (Wildman–Crippen MR) is 24.5 cm³/mol. The van der Waals surface area contributed by atoms with Gasteiger partial charge in [0.25, 0.3) is 0 Å². The largest absolute Gasteiger partial charge is 1.00 e. The third kappa shape index (κ3) is 37.3. The van der Waals surface area contributed by atoms with Crippen LogP contribution in [0.3, 0.4) is 0 Å². The third-order valence-electron chi connectivity index (χ3n) is 0. The second-order valence-electron chi connectivity index (χ2n) is 0.258. The third-order valence-corrected chi connectivity index (χ3v) is 0. The van der Waals surface area contributed by atoms with Crippen molar-refractivity contribution in [2.24, 2.45) is 0 Å². The van der Waals surface area contributed by atoms with Crippen LogP contribution >= 0.6 is 36.8 Å². The van der Waals surface area contributed by atoms with Gasteiger partial charge in [-0.3, -0.25) is 0 Å². The smallest absolute Gasteiger partial charge is 1.00 e. The summed E-state index contributed by atoms with van der Waals surface area (Å²) in [5.74, 6) is 0. The molecule has 0 unspecified atom stereocenters. The fraction of sp³-hybridized carbons (Fsp3) is 0. The Labute approximate surface area is 128 Å². The second kappa shape index (κ2) is 8.63. The molecule has 0 aromatic rings. The molecule has 0 aromatic carbocycles. The van der Waals surface area contributed by atoms with Gasteiger partial charge in [0.1, 0.15) is 0 Å². The number of hydrogen-bond acceptors (Lipinski definition) is 0. The molecule has 42 valence electrons. The molecule has 0 saturated heterocycles. The standard InChI is InChI=1S/Au.4ClH.K.Na.H/h;4*1H;;;/q+3;;;;;2*+1;-1/p-4. The predicted octanol–water partition coefficient (Wildman–Crippen LogP) is -3.12. The van der Waals surface area contributed by atoms with Crippen molar-refractivity contribution in [3.8, 4) is 0 Å². The van der Waals surface area contributed by atoms with Gasteiger partial charge in [-0.1, -0.05) is 0 Å². The van der Waals surface area contributed by atoms with Crippen LogP contribution < -0.4 is 80.9 Å². The zero-order valence-electron chi connectivity index (χ0n) is 4.81. The Balaban J connectivity index is -0.0000000267. The van der Waals surface area contributed by atoms with Gasteiger partial charge >= 0.3 is 131 Å². The maximum Gasteiger partial charge on any atom is 1.00 e. The van der Waals surface area contributed by atoms with Crippen LogP contribution in [-0.2, 0) is 12.8 Å². The molecule has 0 saturated carbocycles. The van der Waals surface area contributed by atoms with Gasteiger partial charge in [0.05, 0.1) is 0 Å². The topological polar surface area (TPSA) is 0 Å². The molecule has 0 radical (unpaired) electrons. The number of hydrogen-bond donors (Lipinski definition) is 0. The van der Waals surface area contributed by atoms with E-state index in [2.05, 4.69) is 0 Å². The Morgan fingerprint density at radius 2 is 1.00 bits per heavy atom. The van der Waals surface area contributed by atoms with Crippen molar-refractivity contribution in [3.63, 3.8) is 0 Å². The van der Waals surface area contributed by atoms with Crippen molar-refractivity contribution in [1.29, 1.82) is 0 Å². The minimum Gasteiger partial charge on any atom is -1.00 e. The van der Waals surface area contributed by atoms with Crippen LogP contribution in [0.1, 0.15) is 1.43 Å². The van der Waals surface area contributed by atoms with Crippen molar-refractivity contribution in [1.82, 2.24) is 0 Å². The maximum absolute atomic E-state index is 5.00. The average molecular weight is 402 g/mol. The van der Waals surface area contributed by atoms with E-state index in [0.717, 1.165) is 0 Å². The van der Waals surface area contributed by atoms with Gasteiger partial charge in [-0.25, -0.2) is 0 Å². The molecule has 0 atom stereocenters. The average Bonchev–Trinajstić information content (AvgIpc) is 0.722. The monoisotopic (exact) mass is 400 g/mol. The van der Waals surface area contributed by atoms with E-state index in [9.17, 15) is 0 Å². The molecular formula is HAuCl4KNa. The summed E-state index contributed by atoms with van der Waals surface area (Å²) in [4.78, 5) is 0. The Kier molecular flexibility index (Phi) is 21.7. The molecule has 0 heterocycles. The zero-order chi connectivity index (χ0) is 4.50. The van der Waals surface area contributed by atoms with E-state index in [4.69, 9.17) is 36.8 Å². The Morgan fingerprint density at radius 3 is 1.00 bits per heavy atom. The first kappa shape index (κ1) is 17.6. The van der Waals surface area contributed by atoms with Crippen LogP contribution in [0.15, 0.2) is 0 Å². The van der Waals surface area contributed by atoms with Gasteiger partial charge in [0.15, 0.2) is 0 Å². The molecule has 0 N–H and O–H groups in total. The van der Waals surface area contributed by atoms with Crippen molar-refractivity contribution in [2.45, 2.75) is 0 Å². The van der Waals surface area contributed by atoms with E-state index in [1.165, 1.54) is 0 Å². The summed E-state index contributed by atoms with van der Waals surface area (Å²) in [6.07, 6.45) is 0. The Hall–Kier alpha value is 4.54. The van der Waals surface area contributed by atoms with Gasteiger partial charge in [-0.05, 0) is 0 Å². The number of rotatable bonds is 0. The molecule has 0 fully saturated rings. The number of halogens is 4. The summed E-state index contributed by atoms with van der Waals surface area (Å²) >= 11 is -3.00. The SMILES string of the molecule is [Cl][Au-]([Cl])([Cl])[Cl].[H-].[K+].[Na+]. The summed E-state index contributed by atoms with van der Waals surface area (Å²) < 4.78 is 0. The molecule has 0 aliphatic carbocycles. The van der Waals surface area contributed by atoms with Gasteiger partial charge in [0, 0.05) is 0 Å². The van der Waals surface area contributed by atoms with E-state index in [-0.39, 0.29) is 82.4 Å². The normalized spacial score (nSPS) is 10.9. The van der Waals surface area contributed by atoms with E-state index in [0.29, 0.717) is 0 Å². The molecule has 0 bridgehead atoms.